The molecule has 0 atom stereocenters. The quantitative estimate of drug-likeness (QED) is 0.776. The van der Waals surface area contributed by atoms with Gasteiger partial charge in [0.1, 0.15) is 6.33 Å². The Morgan fingerprint density at radius 3 is 2.88 bits per heavy atom. The predicted molar refractivity (Wildman–Crippen MR) is 95.1 cm³/mol. The lowest BCUT2D eigenvalue weighted by atomic mass is 9.93. The van der Waals surface area contributed by atoms with E-state index in [1.165, 1.54) is 11.3 Å². The normalized spacial score (nSPS) is 20.7. The van der Waals surface area contributed by atoms with Gasteiger partial charge in [-0.2, -0.15) is 0 Å². The molecule has 0 radical (unpaired) electrons. The summed E-state index contributed by atoms with van der Waals surface area (Å²) in [5, 5.41) is 5.06. The number of aromatic nitrogens is 4. The zero-order valence-corrected chi connectivity index (χ0v) is 14.7. The number of fused-ring (bicyclic) bond motifs is 1. The number of nitrogens with zero attached hydrogens (tertiary/aromatic N) is 4. The van der Waals surface area contributed by atoms with Crippen LogP contribution in [0.1, 0.15) is 36.2 Å². The summed E-state index contributed by atoms with van der Waals surface area (Å²) in [6, 6.07) is 2.07. The molecule has 0 unspecified atom stereocenters. The first-order valence-corrected chi connectivity index (χ1v) is 9.20. The molecule has 1 fully saturated rings. The maximum atomic E-state index is 12.8. The van der Waals surface area contributed by atoms with Crippen molar-refractivity contribution >= 4 is 27.5 Å². The molecule has 25 heavy (non-hydrogen) atoms. The molecule has 130 valence electrons. The van der Waals surface area contributed by atoms with Crippen molar-refractivity contribution in [2.45, 2.75) is 37.8 Å². The third-order valence-electron chi connectivity index (χ3n) is 4.58. The van der Waals surface area contributed by atoms with Crippen molar-refractivity contribution in [2.75, 3.05) is 7.11 Å². The Bertz CT molecular complexity index is 868. The van der Waals surface area contributed by atoms with E-state index in [1.807, 2.05) is 11.4 Å². The molecule has 0 saturated heterocycles. The SMILES string of the molecule is COC1CCC(NC(=O)c2nc(-n3ccnc3)nc3ccsc23)CC1. The zero-order valence-electron chi connectivity index (χ0n) is 13.9. The van der Waals surface area contributed by atoms with Crippen molar-refractivity contribution in [3.63, 3.8) is 0 Å². The molecule has 0 bridgehead atoms. The van der Waals surface area contributed by atoms with Gasteiger partial charge in [0.25, 0.3) is 5.91 Å². The first-order chi connectivity index (χ1) is 12.2. The van der Waals surface area contributed by atoms with E-state index in [0.717, 1.165) is 35.9 Å². The molecular formula is C17H19N5O2S. The Hall–Kier alpha value is -2.32. The molecule has 0 aromatic carbocycles. The van der Waals surface area contributed by atoms with Crippen LogP contribution in [-0.2, 0) is 4.74 Å². The van der Waals surface area contributed by atoms with Crippen molar-refractivity contribution in [1.29, 1.82) is 0 Å². The molecule has 0 aliphatic heterocycles. The molecule has 4 rings (SSSR count). The van der Waals surface area contributed by atoms with E-state index >= 15 is 0 Å². The van der Waals surface area contributed by atoms with E-state index in [4.69, 9.17) is 4.74 Å². The Kier molecular flexibility index (Phi) is 4.46. The standard InChI is InChI=1S/C17H19N5O2S/c1-24-12-4-2-11(3-5-12)19-16(23)14-15-13(6-9-25-15)20-17(21-14)22-8-7-18-10-22/h6-12H,2-5H2,1H3,(H,19,23). The van der Waals surface area contributed by atoms with Gasteiger partial charge in [-0.1, -0.05) is 0 Å². The van der Waals surface area contributed by atoms with Gasteiger partial charge in [0.15, 0.2) is 5.69 Å². The maximum absolute atomic E-state index is 12.8. The van der Waals surface area contributed by atoms with Crippen LogP contribution in [0.4, 0.5) is 0 Å². The fourth-order valence-electron chi connectivity index (χ4n) is 3.19. The number of imidazole rings is 1. The molecule has 8 heteroatoms. The highest BCUT2D eigenvalue weighted by atomic mass is 32.1. The summed E-state index contributed by atoms with van der Waals surface area (Å²) in [5.74, 6) is 0.314. The second kappa shape index (κ2) is 6.89. The van der Waals surface area contributed by atoms with E-state index in [9.17, 15) is 4.79 Å². The topological polar surface area (TPSA) is 81.9 Å². The van der Waals surface area contributed by atoms with Crippen LogP contribution in [0.2, 0.25) is 0 Å². The molecule has 1 amide bonds. The highest BCUT2D eigenvalue weighted by molar-refractivity contribution is 7.17. The maximum Gasteiger partial charge on any atom is 0.271 e. The molecule has 1 saturated carbocycles. The number of ether oxygens (including phenoxy) is 1. The van der Waals surface area contributed by atoms with Crippen LogP contribution >= 0.6 is 11.3 Å². The van der Waals surface area contributed by atoms with E-state index < -0.39 is 0 Å². The zero-order chi connectivity index (χ0) is 17.2. The van der Waals surface area contributed by atoms with Crippen LogP contribution in [0.25, 0.3) is 16.2 Å². The molecule has 3 aromatic heterocycles. The summed E-state index contributed by atoms with van der Waals surface area (Å²) in [6.45, 7) is 0. The Morgan fingerprint density at radius 2 is 2.16 bits per heavy atom. The Labute approximate surface area is 149 Å². The van der Waals surface area contributed by atoms with Crippen LogP contribution in [-0.4, -0.2) is 44.7 Å². The van der Waals surface area contributed by atoms with Gasteiger partial charge in [-0.3, -0.25) is 9.36 Å². The Morgan fingerprint density at radius 1 is 1.32 bits per heavy atom. The number of rotatable bonds is 4. The first-order valence-electron chi connectivity index (χ1n) is 8.32. The second-order valence-corrected chi connectivity index (χ2v) is 7.08. The molecule has 3 heterocycles. The number of hydrogen-bond donors (Lipinski definition) is 1. The van der Waals surface area contributed by atoms with Gasteiger partial charge in [0, 0.05) is 25.5 Å². The fourth-order valence-corrected chi connectivity index (χ4v) is 4.01. The van der Waals surface area contributed by atoms with Gasteiger partial charge in [-0.15, -0.1) is 11.3 Å². The lowest BCUT2D eigenvalue weighted by molar-refractivity contribution is 0.0598. The summed E-state index contributed by atoms with van der Waals surface area (Å²) in [5.41, 5.74) is 1.20. The molecular weight excluding hydrogens is 338 g/mol. The van der Waals surface area contributed by atoms with Crippen molar-refractivity contribution in [1.82, 2.24) is 24.8 Å². The molecule has 1 aliphatic carbocycles. The van der Waals surface area contributed by atoms with Gasteiger partial charge in [-0.05, 0) is 37.1 Å². The highest BCUT2D eigenvalue weighted by Crippen LogP contribution is 2.25. The van der Waals surface area contributed by atoms with Crippen molar-refractivity contribution < 1.29 is 9.53 Å². The number of thiophene rings is 1. The number of amides is 1. The molecule has 1 aliphatic rings. The Balaban J connectivity index is 1.59. The molecule has 3 aromatic rings. The molecule has 1 N–H and O–H groups in total. The third kappa shape index (κ3) is 3.27. The van der Waals surface area contributed by atoms with Crippen LogP contribution in [0.5, 0.6) is 0 Å². The van der Waals surface area contributed by atoms with Crippen molar-refractivity contribution in [3.8, 4) is 5.95 Å². The summed E-state index contributed by atoms with van der Waals surface area (Å²) < 4.78 is 7.91. The largest absolute Gasteiger partial charge is 0.381 e. The number of hydrogen-bond acceptors (Lipinski definition) is 6. The van der Waals surface area contributed by atoms with E-state index in [-0.39, 0.29) is 11.9 Å². The number of carbonyl (C=O) groups excluding carboxylic acids is 1. The summed E-state index contributed by atoms with van der Waals surface area (Å²) in [4.78, 5) is 25.9. The molecule has 7 nitrogen and oxygen atoms in total. The van der Waals surface area contributed by atoms with Gasteiger partial charge in [0.2, 0.25) is 5.95 Å². The van der Waals surface area contributed by atoms with E-state index in [2.05, 4.69) is 20.3 Å². The van der Waals surface area contributed by atoms with Crippen LogP contribution in [0, 0.1) is 0 Å². The lowest BCUT2D eigenvalue weighted by Crippen LogP contribution is -2.39. The lowest BCUT2D eigenvalue weighted by Gasteiger charge is -2.28. The van der Waals surface area contributed by atoms with Gasteiger partial charge in [-0.25, -0.2) is 15.0 Å². The smallest absolute Gasteiger partial charge is 0.271 e. The van der Waals surface area contributed by atoms with Crippen LogP contribution in [0.3, 0.4) is 0 Å². The van der Waals surface area contributed by atoms with E-state index in [1.54, 1.807) is 30.4 Å². The average Bonchev–Trinajstić information content (AvgIpc) is 3.32. The van der Waals surface area contributed by atoms with Crippen LogP contribution in [0.15, 0.2) is 30.2 Å². The first kappa shape index (κ1) is 16.2. The van der Waals surface area contributed by atoms with Crippen LogP contribution < -0.4 is 5.32 Å². The minimum absolute atomic E-state index is 0.142. The predicted octanol–water partition coefficient (Wildman–Crippen LogP) is 2.56. The minimum atomic E-state index is -0.142. The van der Waals surface area contributed by atoms with Gasteiger partial charge < -0.3 is 10.1 Å². The number of carbonyl (C=O) groups is 1. The second-order valence-electron chi connectivity index (χ2n) is 6.16. The summed E-state index contributed by atoms with van der Waals surface area (Å²) in [6.07, 6.45) is 9.16. The minimum Gasteiger partial charge on any atom is -0.381 e. The average molecular weight is 357 g/mol. The van der Waals surface area contributed by atoms with Crippen molar-refractivity contribution in [2.24, 2.45) is 0 Å². The number of nitrogens with one attached hydrogen (secondary N) is 1. The highest BCUT2D eigenvalue weighted by Gasteiger charge is 2.24. The fraction of sp³-hybridized carbons (Fsp3) is 0.412. The van der Waals surface area contributed by atoms with Gasteiger partial charge in [0.05, 0.1) is 16.3 Å². The van der Waals surface area contributed by atoms with Gasteiger partial charge >= 0.3 is 0 Å². The molecule has 0 spiro atoms. The van der Waals surface area contributed by atoms with Crippen molar-refractivity contribution in [3.05, 3.63) is 35.9 Å². The van der Waals surface area contributed by atoms with E-state index in [0.29, 0.717) is 17.7 Å². The monoisotopic (exact) mass is 357 g/mol. The summed E-state index contributed by atoms with van der Waals surface area (Å²) >= 11 is 1.48. The summed E-state index contributed by atoms with van der Waals surface area (Å²) in [7, 11) is 1.75. The number of methoxy groups -OCH3 is 1. The third-order valence-corrected chi connectivity index (χ3v) is 5.50.